The van der Waals surface area contributed by atoms with Crippen molar-refractivity contribution in [2.75, 3.05) is 17.8 Å². The van der Waals surface area contributed by atoms with Gasteiger partial charge in [0, 0.05) is 18.8 Å². The lowest BCUT2D eigenvalue weighted by Crippen LogP contribution is -2.39. The van der Waals surface area contributed by atoms with Crippen molar-refractivity contribution in [3.63, 3.8) is 0 Å². The summed E-state index contributed by atoms with van der Waals surface area (Å²) in [5.74, 6) is 0.206. The predicted octanol–water partition coefficient (Wildman–Crippen LogP) is 3.05. The molecule has 1 saturated heterocycles. The third kappa shape index (κ3) is 5.09. The second kappa shape index (κ2) is 8.00. The largest absolute Gasteiger partial charge is 0.283 e. The molecule has 1 aliphatic heterocycles. The van der Waals surface area contributed by atoms with E-state index in [9.17, 15) is 16.8 Å². The number of sulfonamides is 2. The number of anilines is 1. The molecule has 0 saturated carbocycles. The lowest BCUT2D eigenvalue weighted by atomic mass is 10.0. The maximum absolute atomic E-state index is 12.8. The van der Waals surface area contributed by atoms with Gasteiger partial charge in [-0.15, -0.1) is 0 Å². The summed E-state index contributed by atoms with van der Waals surface area (Å²) in [5, 5.41) is 0. The van der Waals surface area contributed by atoms with E-state index < -0.39 is 20.0 Å². The lowest BCUT2D eigenvalue weighted by molar-refractivity contribution is 0.281. The SMILES string of the molecule is CC1CCCN(S(=O)(=O)c2ccc(NS(=O)(=O)Cc3ccccc3)cc2)C1. The molecule has 146 valence electrons. The summed E-state index contributed by atoms with van der Waals surface area (Å²) < 4.78 is 54.1. The van der Waals surface area contributed by atoms with Crippen LogP contribution in [0.1, 0.15) is 25.3 Å². The molecule has 3 rings (SSSR count). The Morgan fingerprint density at radius 1 is 1.00 bits per heavy atom. The van der Waals surface area contributed by atoms with Crippen molar-refractivity contribution in [3.8, 4) is 0 Å². The van der Waals surface area contributed by atoms with E-state index in [1.807, 2.05) is 13.0 Å². The standard InChI is InChI=1S/C19H24N2O4S2/c1-16-6-5-13-21(14-16)27(24,25)19-11-9-18(10-12-19)20-26(22,23)15-17-7-3-2-4-8-17/h2-4,7-12,16,20H,5-6,13-15H2,1H3. The molecule has 1 unspecified atom stereocenters. The van der Waals surface area contributed by atoms with E-state index in [-0.39, 0.29) is 10.6 Å². The highest BCUT2D eigenvalue weighted by molar-refractivity contribution is 7.92. The fourth-order valence-corrected chi connectivity index (χ4v) is 6.01. The van der Waals surface area contributed by atoms with Gasteiger partial charge in [-0.2, -0.15) is 4.31 Å². The zero-order chi connectivity index (χ0) is 19.5. The van der Waals surface area contributed by atoms with Gasteiger partial charge in [0.05, 0.1) is 10.6 Å². The lowest BCUT2D eigenvalue weighted by Gasteiger charge is -2.30. The normalized spacial score (nSPS) is 18.9. The molecule has 0 spiro atoms. The van der Waals surface area contributed by atoms with Gasteiger partial charge in [0.15, 0.2) is 0 Å². The van der Waals surface area contributed by atoms with Crippen molar-refractivity contribution in [2.45, 2.75) is 30.4 Å². The van der Waals surface area contributed by atoms with E-state index in [4.69, 9.17) is 0 Å². The zero-order valence-corrected chi connectivity index (χ0v) is 16.8. The second-order valence-electron chi connectivity index (χ2n) is 6.98. The number of piperidine rings is 1. The Balaban J connectivity index is 1.71. The summed E-state index contributed by atoms with van der Waals surface area (Å²) in [6.45, 7) is 3.10. The van der Waals surface area contributed by atoms with Crippen LogP contribution >= 0.6 is 0 Å². The van der Waals surface area contributed by atoms with E-state index in [2.05, 4.69) is 4.72 Å². The molecule has 1 heterocycles. The first-order valence-electron chi connectivity index (χ1n) is 8.91. The molecule has 0 amide bonds. The maximum atomic E-state index is 12.8. The Hall–Kier alpha value is -1.90. The average molecular weight is 409 g/mol. The van der Waals surface area contributed by atoms with Gasteiger partial charge in [0.25, 0.3) is 0 Å². The second-order valence-corrected chi connectivity index (χ2v) is 10.6. The minimum Gasteiger partial charge on any atom is -0.283 e. The Morgan fingerprint density at radius 3 is 2.30 bits per heavy atom. The van der Waals surface area contributed by atoms with Crippen LogP contribution in [0.25, 0.3) is 0 Å². The number of nitrogens with zero attached hydrogens (tertiary/aromatic N) is 1. The van der Waals surface area contributed by atoms with Crippen molar-refractivity contribution in [2.24, 2.45) is 5.92 Å². The van der Waals surface area contributed by atoms with E-state index >= 15 is 0 Å². The molecule has 0 radical (unpaired) electrons. The number of hydrogen-bond donors (Lipinski definition) is 1. The average Bonchev–Trinajstić information content (AvgIpc) is 2.62. The highest BCUT2D eigenvalue weighted by atomic mass is 32.2. The molecule has 27 heavy (non-hydrogen) atoms. The summed E-state index contributed by atoms with van der Waals surface area (Å²) in [6, 6.07) is 14.8. The summed E-state index contributed by atoms with van der Waals surface area (Å²) >= 11 is 0. The molecule has 1 fully saturated rings. The molecule has 1 N–H and O–H groups in total. The molecule has 0 aromatic heterocycles. The van der Waals surface area contributed by atoms with Gasteiger partial charge >= 0.3 is 0 Å². The van der Waals surface area contributed by atoms with Crippen LogP contribution in [-0.4, -0.2) is 34.2 Å². The van der Waals surface area contributed by atoms with Gasteiger partial charge < -0.3 is 0 Å². The van der Waals surface area contributed by atoms with Crippen molar-refractivity contribution in [3.05, 3.63) is 60.2 Å². The van der Waals surface area contributed by atoms with E-state index in [1.54, 1.807) is 24.3 Å². The third-order valence-corrected chi connectivity index (χ3v) is 7.72. The molecule has 6 nitrogen and oxygen atoms in total. The summed E-state index contributed by atoms with van der Waals surface area (Å²) in [6.07, 6.45) is 1.89. The fraction of sp³-hybridized carbons (Fsp3) is 0.368. The van der Waals surface area contributed by atoms with Crippen molar-refractivity contribution in [1.29, 1.82) is 0 Å². The zero-order valence-electron chi connectivity index (χ0n) is 15.2. The summed E-state index contributed by atoms with van der Waals surface area (Å²) in [4.78, 5) is 0.183. The number of rotatable bonds is 6. The maximum Gasteiger partial charge on any atom is 0.243 e. The first-order chi connectivity index (χ1) is 12.8. The minimum absolute atomic E-state index is 0.139. The number of hydrogen-bond acceptors (Lipinski definition) is 4. The highest BCUT2D eigenvalue weighted by Gasteiger charge is 2.28. The topological polar surface area (TPSA) is 83.6 Å². The number of benzene rings is 2. The summed E-state index contributed by atoms with van der Waals surface area (Å²) in [7, 11) is -7.12. The molecule has 1 atom stereocenters. The highest BCUT2D eigenvalue weighted by Crippen LogP contribution is 2.24. The van der Waals surface area contributed by atoms with Gasteiger partial charge in [-0.25, -0.2) is 16.8 Å². The van der Waals surface area contributed by atoms with Gasteiger partial charge in [-0.05, 0) is 48.6 Å². The third-order valence-electron chi connectivity index (χ3n) is 4.58. The van der Waals surface area contributed by atoms with Crippen LogP contribution in [-0.2, 0) is 25.8 Å². The molecular formula is C19H24N2O4S2. The first-order valence-corrected chi connectivity index (χ1v) is 12.0. The van der Waals surface area contributed by atoms with Crippen LogP contribution in [0.5, 0.6) is 0 Å². The van der Waals surface area contributed by atoms with Crippen molar-refractivity contribution < 1.29 is 16.8 Å². The summed E-state index contributed by atoms with van der Waals surface area (Å²) in [5.41, 5.74) is 1.03. The van der Waals surface area contributed by atoms with Crippen LogP contribution in [0.2, 0.25) is 0 Å². The monoisotopic (exact) mass is 408 g/mol. The van der Waals surface area contributed by atoms with Gasteiger partial charge in [0.1, 0.15) is 0 Å². The van der Waals surface area contributed by atoms with Crippen LogP contribution in [0.3, 0.4) is 0 Å². The Morgan fingerprint density at radius 2 is 1.67 bits per heavy atom. The molecule has 0 aliphatic carbocycles. The molecule has 8 heteroatoms. The number of nitrogens with one attached hydrogen (secondary N) is 1. The Kier molecular flexibility index (Phi) is 5.88. The van der Waals surface area contributed by atoms with E-state index in [0.717, 1.165) is 12.8 Å². The Labute approximate surface area is 161 Å². The van der Waals surface area contributed by atoms with Crippen LogP contribution < -0.4 is 4.72 Å². The van der Waals surface area contributed by atoms with E-state index in [0.29, 0.717) is 30.3 Å². The van der Waals surface area contributed by atoms with Crippen LogP contribution in [0.4, 0.5) is 5.69 Å². The van der Waals surface area contributed by atoms with Crippen molar-refractivity contribution in [1.82, 2.24) is 4.31 Å². The van der Waals surface area contributed by atoms with E-state index in [1.165, 1.54) is 28.6 Å². The van der Waals surface area contributed by atoms with Gasteiger partial charge in [-0.3, -0.25) is 4.72 Å². The molecule has 0 bridgehead atoms. The van der Waals surface area contributed by atoms with Gasteiger partial charge in [-0.1, -0.05) is 37.3 Å². The quantitative estimate of drug-likeness (QED) is 0.796. The first kappa shape index (κ1) is 19.9. The molecular weight excluding hydrogens is 384 g/mol. The van der Waals surface area contributed by atoms with Crippen molar-refractivity contribution >= 4 is 25.7 Å². The smallest absolute Gasteiger partial charge is 0.243 e. The van der Waals surface area contributed by atoms with Crippen LogP contribution in [0.15, 0.2) is 59.5 Å². The predicted molar refractivity (Wildman–Crippen MR) is 106 cm³/mol. The fourth-order valence-electron chi connectivity index (χ4n) is 3.22. The molecule has 1 aliphatic rings. The minimum atomic E-state index is -3.57. The van der Waals surface area contributed by atoms with Gasteiger partial charge in [0.2, 0.25) is 20.0 Å². The molecule has 2 aromatic carbocycles. The Bertz CT molecular complexity index is 972. The van der Waals surface area contributed by atoms with Crippen LogP contribution in [0, 0.1) is 5.92 Å². The molecule has 2 aromatic rings.